The van der Waals surface area contributed by atoms with Gasteiger partial charge < -0.3 is 10.8 Å². The molecule has 1 amide bonds. The van der Waals surface area contributed by atoms with Gasteiger partial charge in [0.2, 0.25) is 5.91 Å². The van der Waals surface area contributed by atoms with Crippen molar-refractivity contribution < 1.29 is 9.90 Å². The minimum Gasteiger partial charge on any atom is -0.393 e. The third-order valence-corrected chi connectivity index (χ3v) is 2.07. The summed E-state index contributed by atoms with van der Waals surface area (Å²) in [6, 6.07) is 0. The van der Waals surface area contributed by atoms with Crippen LogP contribution >= 0.6 is 0 Å². The lowest BCUT2D eigenvalue weighted by molar-refractivity contribution is -0.122. The van der Waals surface area contributed by atoms with Gasteiger partial charge in [-0.05, 0) is 26.2 Å². The van der Waals surface area contributed by atoms with Gasteiger partial charge in [0.15, 0.2) is 0 Å². The molecule has 0 bridgehead atoms. The molecule has 0 heterocycles. The number of nitrogens with two attached hydrogens (primary N) is 1. The first-order valence-electron chi connectivity index (χ1n) is 4.55. The van der Waals surface area contributed by atoms with E-state index in [9.17, 15) is 4.79 Å². The maximum absolute atomic E-state index is 10.8. The van der Waals surface area contributed by atoms with Gasteiger partial charge in [-0.25, -0.2) is 0 Å². The molecule has 0 aromatic heterocycles. The van der Waals surface area contributed by atoms with Crippen LogP contribution in [0.25, 0.3) is 0 Å². The highest BCUT2D eigenvalue weighted by Crippen LogP contribution is 2.12. The van der Waals surface area contributed by atoms with Crippen molar-refractivity contribution >= 4 is 5.91 Å². The van der Waals surface area contributed by atoms with Crippen molar-refractivity contribution in [3.8, 4) is 0 Å². The number of carbonyl (C=O) groups is 1. The van der Waals surface area contributed by atoms with Gasteiger partial charge in [0.1, 0.15) is 0 Å². The molecule has 0 aliphatic carbocycles. The maximum atomic E-state index is 10.8. The maximum Gasteiger partial charge on any atom is 0.220 e. The molecule has 0 rings (SSSR count). The van der Waals surface area contributed by atoms with Gasteiger partial charge in [-0.2, -0.15) is 0 Å². The van der Waals surface area contributed by atoms with E-state index in [1.54, 1.807) is 6.92 Å². The van der Waals surface area contributed by atoms with Crippen molar-refractivity contribution in [2.45, 2.75) is 45.6 Å². The Balaban J connectivity index is 3.52. The molecule has 3 N–H and O–H groups in total. The fourth-order valence-corrected chi connectivity index (χ4v) is 1.21. The molecule has 0 aliphatic rings. The zero-order valence-corrected chi connectivity index (χ0v) is 7.92. The van der Waals surface area contributed by atoms with Crippen molar-refractivity contribution in [2.24, 2.45) is 11.7 Å². The number of amides is 1. The summed E-state index contributed by atoms with van der Waals surface area (Å²) in [6.07, 6.45) is 2.96. The Labute approximate surface area is 74.0 Å². The third-order valence-electron chi connectivity index (χ3n) is 2.07. The predicted octanol–water partition coefficient (Wildman–Crippen LogP) is 1.05. The van der Waals surface area contributed by atoms with Crippen LogP contribution in [-0.2, 0) is 4.79 Å². The molecule has 3 heteroatoms. The van der Waals surface area contributed by atoms with E-state index >= 15 is 0 Å². The summed E-state index contributed by atoms with van der Waals surface area (Å²) in [5, 5.41) is 8.96. The van der Waals surface area contributed by atoms with E-state index < -0.39 is 0 Å². The largest absolute Gasteiger partial charge is 0.393 e. The van der Waals surface area contributed by atoms with Crippen molar-refractivity contribution in [2.75, 3.05) is 0 Å². The summed E-state index contributed by atoms with van der Waals surface area (Å²) in [6.45, 7) is 3.71. The molecule has 12 heavy (non-hydrogen) atoms. The van der Waals surface area contributed by atoms with E-state index in [2.05, 4.69) is 0 Å². The molecule has 0 aromatic rings. The second kappa shape index (κ2) is 6.00. The number of rotatable bonds is 6. The van der Waals surface area contributed by atoms with E-state index in [1.807, 2.05) is 6.92 Å². The van der Waals surface area contributed by atoms with Crippen LogP contribution in [0.3, 0.4) is 0 Å². The minimum atomic E-state index is -0.268. The van der Waals surface area contributed by atoms with E-state index in [0.29, 0.717) is 0 Å². The smallest absolute Gasteiger partial charge is 0.220 e. The lowest BCUT2D eigenvalue weighted by atomic mass is 9.98. The fourth-order valence-electron chi connectivity index (χ4n) is 1.21. The Morgan fingerprint density at radius 3 is 2.42 bits per heavy atom. The van der Waals surface area contributed by atoms with Crippen LogP contribution in [0.4, 0.5) is 0 Å². The Kier molecular flexibility index (Phi) is 5.72. The third kappa shape index (κ3) is 5.13. The minimum absolute atomic E-state index is 0.0104. The van der Waals surface area contributed by atoms with E-state index in [-0.39, 0.29) is 17.9 Å². The SMILES string of the molecule is CCC(CCCC(C)O)C(N)=O. The molecule has 2 atom stereocenters. The zero-order chi connectivity index (χ0) is 9.56. The lowest BCUT2D eigenvalue weighted by Crippen LogP contribution is -2.22. The van der Waals surface area contributed by atoms with Crippen LogP contribution in [-0.4, -0.2) is 17.1 Å². The molecule has 3 nitrogen and oxygen atoms in total. The summed E-state index contributed by atoms with van der Waals surface area (Å²) >= 11 is 0. The van der Waals surface area contributed by atoms with Crippen LogP contribution in [0.1, 0.15) is 39.5 Å². The van der Waals surface area contributed by atoms with Gasteiger partial charge in [-0.1, -0.05) is 13.3 Å². The lowest BCUT2D eigenvalue weighted by Gasteiger charge is -2.10. The summed E-state index contributed by atoms with van der Waals surface area (Å²) < 4.78 is 0. The Hall–Kier alpha value is -0.570. The number of hydrogen-bond donors (Lipinski definition) is 2. The summed E-state index contributed by atoms with van der Waals surface area (Å²) in [4.78, 5) is 10.8. The molecular formula is C9H19NO2. The number of hydrogen-bond acceptors (Lipinski definition) is 2. The predicted molar refractivity (Wildman–Crippen MR) is 48.5 cm³/mol. The number of aliphatic hydroxyl groups excluding tert-OH is 1. The average molecular weight is 173 g/mol. The van der Waals surface area contributed by atoms with Crippen molar-refractivity contribution in [3.05, 3.63) is 0 Å². The van der Waals surface area contributed by atoms with Crippen LogP contribution in [0.5, 0.6) is 0 Å². The van der Waals surface area contributed by atoms with Gasteiger partial charge in [0.25, 0.3) is 0 Å². The molecule has 0 aliphatic heterocycles. The highest BCUT2D eigenvalue weighted by atomic mass is 16.3. The van der Waals surface area contributed by atoms with E-state index in [4.69, 9.17) is 10.8 Å². The summed E-state index contributed by atoms with van der Waals surface area (Å²) in [5.74, 6) is -0.230. The molecule has 72 valence electrons. The van der Waals surface area contributed by atoms with Crippen molar-refractivity contribution in [3.63, 3.8) is 0 Å². The first-order valence-corrected chi connectivity index (χ1v) is 4.55. The van der Waals surface area contributed by atoms with Crippen LogP contribution in [0.2, 0.25) is 0 Å². The van der Waals surface area contributed by atoms with Crippen LogP contribution < -0.4 is 5.73 Å². The standard InChI is InChI=1S/C9H19NO2/c1-3-8(9(10)12)6-4-5-7(2)11/h7-8,11H,3-6H2,1-2H3,(H2,10,12). The summed E-state index contributed by atoms with van der Waals surface area (Å²) in [7, 11) is 0. The Morgan fingerprint density at radius 2 is 2.08 bits per heavy atom. The highest BCUT2D eigenvalue weighted by molar-refractivity contribution is 5.76. The first-order chi connectivity index (χ1) is 5.57. The van der Waals surface area contributed by atoms with E-state index in [1.165, 1.54) is 0 Å². The molecule has 2 unspecified atom stereocenters. The number of aliphatic hydroxyl groups is 1. The zero-order valence-electron chi connectivity index (χ0n) is 7.92. The first kappa shape index (κ1) is 11.4. The molecule has 0 saturated heterocycles. The van der Waals surface area contributed by atoms with Crippen molar-refractivity contribution in [1.82, 2.24) is 0 Å². The second-order valence-corrected chi connectivity index (χ2v) is 3.29. The van der Waals surface area contributed by atoms with E-state index in [0.717, 1.165) is 25.7 Å². The van der Waals surface area contributed by atoms with Gasteiger partial charge >= 0.3 is 0 Å². The van der Waals surface area contributed by atoms with Crippen LogP contribution in [0.15, 0.2) is 0 Å². The quantitative estimate of drug-likeness (QED) is 0.630. The molecule has 0 aromatic carbocycles. The van der Waals surface area contributed by atoms with Gasteiger partial charge in [0, 0.05) is 5.92 Å². The monoisotopic (exact) mass is 173 g/mol. The topological polar surface area (TPSA) is 63.3 Å². The van der Waals surface area contributed by atoms with Crippen LogP contribution in [0, 0.1) is 5.92 Å². The number of primary amides is 1. The fraction of sp³-hybridized carbons (Fsp3) is 0.889. The molecule has 0 fully saturated rings. The molecule has 0 saturated carbocycles. The van der Waals surface area contributed by atoms with Gasteiger partial charge in [0.05, 0.1) is 6.10 Å². The summed E-state index contributed by atoms with van der Waals surface area (Å²) in [5.41, 5.74) is 5.16. The highest BCUT2D eigenvalue weighted by Gasteiger charge is 2.12. The Morgan fingerprint density at radius 1 is 1.50 bits per heavy atom. The molecule has 0 spiro atoms. The normalized spacial score (nSPS) is 15.6. The second-order valence-electron chi connectivity index (χ2n) is 3.29. The molecular weight excluding hydrogens is 154 g/mol. The Bertz CT molecular complexity index is 134. The molecule has 0 radical (unpaired) electrons. The van der Waals surface area contributed by atoms with Gasteiger partial charge in [-0.15, -0.1) is 0 Å². The van der Waals surface area contributed by atoms with Gasteiger partial charge in [-0.3, -0.25) is 4.79 Å². The average Bonchev–Trinajstić information content (AvgIpc) is 1.96. The number of carbonyl (C=O) groups excluding carboxylic acids is 1. The van der Waals surface area contributed by atoms with Crippen molar-refractivity contribution in [1.29, 1.82) is 0 Å².